The van der Waals surface area contributed by atoms with Gasteiger partial charge in [0, 0.05) is 0 Å². The van der Waals surface area contributed by atoms with Crippen LogP contribution in [0.1, 0.15) is 34.1 Å². The van der Waals surface area contributed by atoms with Crippen LogP contribution in [0.2, 0.25) is 0 Å². The van der Waals surface area contributed by atoms with E-state index in [0.29, 0.717) is 12.5 Å². The van der Waals surface area contributed by atoms with Crippen LogP contribution in [0, 0.1) is 17.2 Å². The molecule has 2 heteroatoms. The maximum atomic E-state index is 8.60. The molecule has 0 fully saturated rings. The predicted molar refractivity (Wildman–Crippen MR) is 45.1 cm³/mol. The Labute approximate surface area is 69.2 Å². The van der Waals surface area contributed by atoms with Crippen LogP contribution in [0.5, 0.6) is 0 Å². The zero-order valence-corrected chi connectivity index (χ0v) is 7.85. The third-order valence-electron chi connectivity index (χ3n) is 1.69. The fourth-order valence-corrected chi connectivity index (χ4v) is 0.501. The van der Waals surface area contributed by atoms with E-state index in [4.69, 9.17) is 10.00 Å². The third kappa shape index (κ3) is 4.80. The largest absolute Gasteiger partial charge is 0.360 e. The SMILES string of the molecule is CCC(C)COC(C)(C)C#N. The topological polar surface area (TPSA) is 33.0 Å². The van der Waals surface area contributed by atoms with Crippen LogP contribution in [-0.4, -0.2) is 12.2 Å². The molecule has 0 radical (unpaired) electrons. The first kappa shape index (κ1) is 10.4. The van der Waals surface area contributed by atoms with Crippen LogP contribution in [0.4, 0.5) is 0 Å². The van der Waals surface area contributed by atoms with E-state index in [0.717, 1.165) is 6.42 Å². The maximum Gasteiger partial charge on any atom is 0.148 e. The second-order valence-corrected chi connectivity index (χ2v) is 3.45. The second-order valence-electron chi connectivity index (χ2n) is 3.45. The van der Waals surface area contributed by atoms with Gasteiger partial charge in [-0.1, -0.05) is 20.3 Å². The second kappa shape index (κ2) is 4.35. The van der Waals surface area contributed by atoms with E-state index in [2.05, 4.69) is 19.9 Å². The molecule has 0 rings (SSSR count). The van der Waals surface area contributed by atoms with E-state index >= 15 is 0 Å². The van der Waals surface area contributed by atoms with Crippen LogP contribution >= 0.6 is 0 Å². The Morgan fingerprint density at radius 2 is 2.09 bits per heavy atom. The van der Waals surface area contributed by atoms with Crippen molar-refractivity contribution in [2.45, 2.75) is 39.7 Å². The van der Waals surface area contributed by atoms with Crippen molar-refractivity contribution in [3.05, 3.63) is 0 Å². The van der Waals surface area contributed by atoms with Gasteiger partial charge in [-0.2, -0.15) is 5.26 Å². The van der Waals surface area contributed by atoms with E-state index in [9.17, 15) is 0 Å². The first-order chi connectivity index (χ1) is 5.02. The summed E-state index contributed by atoms with van der Waals surface area (Å²) >= 11 is 0. The molecule has 0 aliphatic rings. The molecule has 0 saturated heterocycles. The van der Waals surface area contributed by atoms with Crippen molar-refractivity contribution in [2.75, 3.05) is 6.61 Å². The number of nitriles is 1. The number of hydrogen-bond acceptors (Lipinski definition) is 2. The predicted octanol–water partition coefficient (Wildman–Crippen LogP) is 2.35. The summed E-state index contributed by atoms with van der Waals surface area (Å²) < 4.78 is 5.37. The van der Waals surface area contributed by atoms with Crippen LogP contribution in [-0.2, 0) is 4.74 Å². The van der Waals surface area contributed by atoms with Gasteiger partial charge in [-0.15, -0.1) is 0 Å². The monoisotopic (exact) mass is 155 g/mol. The van der Waals surface area contributed by atoms with Gasteiger partial charge < -0.3 is 4.74 Å². The van der Waals surface area contributed by atoms with Gasteiger partial charge >= 0.3 is 0 Å². The molecule has 0 aliphatic heterocycles. The highest BCUT2D eigenvalue weighted by Gasteiger charge is 2.17. The molecule has 0 saturated carbocycles. The minimum Gasteiger partial charge on any atom is -0.360 e. The molecule has 64 valence electrons. The molecule has 2 nitrogen and oxygen atoms in total. The van der Waals surface area contributed by atoms with Crippen molar-refractivity contribution in [3.8, 4) is 6.07 Å². The lowest BCUT2D eigenvalue weighted by molar-refractivity contribution is 0.00606. The van der Waals surface area contributed by atoms with Gasteiger partial charge in [0.2, 0.25) is 0 Å². The summed E-state index contributed by atoms with van der Waals surface area (Å²) in [6, 6.07) is 2.10. The number of ether oxygens (including phenoxy) is 1. The summed E-state index contributed by atoms with van der Waals surface area (Å²) in [6.45, 7) is 8.49. The Balaban J connectivity index is 3.63. The van der Waals surface area contributed by atoms with Gasteiger partial charge in [0.1, 0.15) is 5.60 Å². The van der Waals surface area contributed by atoms with E-state index in [1.54, 1.807) is 13.8 Å². The van der Waals surface area contributed by atoms with Gasteiger partial charge in [0.15, 0.2) is 0 Å². The minimum absolute atomic E-state index is 0.544. The molecule has 0 heterocycles. The first-order valence-corrected chi connectivity index (χ1v) is 4.07. The van der Waals surface area contributed by atoms with Gasteiger partial charge in [-0.25, -0.2) is 0 Å². The third-order valence-corrected chi connectivity index (χ3v) is 1.69. The Bertz CT molecular complexity index is 146. The van der Waals surface area contributed by atoms with Crippen molar-refractivity contribution in [1.29, 1.82) is 5.26 Å². The lowest BCUT2D eigenvalue weighted by Crippen LogP contribution is -2.24. The molecule has 0 aromatic heterocycles. The van der Waals surface area contributed by atoms with Gasteiger partial charge in [0.05, 0.1) is 12.7 Å². The maximum absolute atomic E-state index is 8.60. The molecule has 1 unspecified atom stereocenters. The average Bonchev–Trinajstić information content (AvgIpc) is 2.00. The molecule has 0 bridgehead atoms. The van der Waals surface area contributed by atoms with Crippen molar-refractivity contribution < 1.29 is 4.74 Å². The first-order valence-electron chi connectivity index (χ1n) is 4.07. The summed E-state index contributed by atoms with van der Waals surface area (Å²) in [5.74, 6) is 0.544. The lowest BCUT2D eigenvalue weighted by atomic mass is 10.1. The highest BCUT2D eigenvalue weighted by Crippen LogP contribution is 2.10. The fraction of sp³-hybridized carbons (Fsp3) is 0.889. The van der Waals surface area contributed by atoms with Crippen molar-refractivity contribution in [2.24, 2.45) is 5.92 Å². The van der Waals surface area contributed by atoms with Gasteiger partial charge in [-0.3, -0.25) is 0 Å². The van der Waals surface area contributed by atoms with Crippen LogP contribution in [0.3, 0.4) is 0 Å². The number of nitrogens with zero attached hydrogens (tertiary/aromatic N) is 1. The lowest BCUT2D eigenvalue weighted by Gasteiger charge is -2.18. The average molecular weight is 155 g/mol. The molecular weight excluding hydrogens is 138 g/mol. The molecular formula is C9H17NO. The Morgan fingerprint density at radius 1 is 1.55 bits per heavy atom. The van der Waals surface area contributed by atoms with Crippen LogP contribution in [0.15, 0.2) is 0 Å². The van der Waals surface area contributed by atoms with Crippen LogP contribution < -0.4 is 0 Å². The summed E-state index contributed by atoms with van der Waals surface area (Å²) in [5, 5.41) is 8.60. The fourth-order valence-electron chi connectivity index (χ4n) is 0.501. The molecule has 0 spiro atoms. The molecule has 0 N–H and O–H groups in total. The Kier molecular flexibility index (Phi) is 4.14. The summed E-state index contributed by atoms with van der Waals surface area (Å²) in [4.78, 5) is 0. The molecule has 0 amide bonds. The Hall–Kier alpha value is -0.550. The van der Waals surface area contributed by atoms with E-state index in [1.165, 1.54) is 0 Å². The minimum atomic E-state index is -0.622. The summed E-state index contributed by atoms with van der Waals surface area (Å²) in [6.07, 6.45) is 1.10. The van der Waals surface area contributed by atoms with Crippen molar-refractivity contribution in [1.82, 2.24) is 0 Å². The van der Waals surface area contributed by atoms with Gasteiger partial charge in [0.25, 0.3) is 0 Å². The van der Waals surface area contributed by atoms with Crippen LogP contribution in [0.25, 0.3) is 0 Å². The summed E-state index contributed by atoms with van der Waals surface area (Å²) in [5.41, 5.74) is -0.622. The van der Waals surface area contributed by atoms with Crippen molar-refractivity contribution >= 4 is 0 Å². The summed E-state index contributed by atoms with van der Waals surface area (Å²) in [7, 11) is 0. The molecule has 1 atom stereocenters. The number of rotatable bonds is 4. The smallest absolute Gasteiger partial charge is 0.148 e. The van der Waals surface area contributed by atoms with Gasteiger partial charge in [-0.05, 0) is 19.8 Å². The zero-order chi connectivity index (χ0) is 8.91. The quantitative estimate of drug-likeness (QED) is 0.624. The molecule has 0 aromatic carbocycles. The number of hydrogen-bond donors (Lipinski definition) is 0. The Morgan fingerprint density at radius 3 is 2.45 bits per heavy atom. The molecule has 0 aromatic rings. The normalized spacial score (nSPS) is 14.1. The zero-order valence-electron chi connectivity index (χ0n) is 7.85. The van der Waals surface area contributed by atoms with Crippen molar-refractivity contribution in [3.63, 3.8) is 0 Å². The van der Waals surface area contributed by atoms with E-state index in [1.807, 2.05) is 0 Å². The standard InChI is InChI=1S/C9H17NO/c1-5-8(2)6-11-9(3,4)7-10/h8H,5-6H2,1-4H3. The highest BCUT2D eigenvalue weighted by atomic mass is 16.5. The highest BCUT2D eigenvalue weighted by molar-refractivity contribution is 4.93. The molecule has 0 aliphatic carbocycles. The van der Waals surface area contributed by atoms with E-state index < -0.39 is 5.60 Å². The van der Waals surface area contributed by atoms with E-state index in [-0.39, 0.29) is 0 Å². The molecule has 11 heavy (non-hydrogen) atoms.